The van der Waals surface area contributed by atoms with Gasteiger partial charge in [-0.3, -0.25) is 9.80 Å². The summed E-state index contributed by atoms with van der Waals surface area (Å²) in [5, 5.41) is 10.1. The number of nitrogens with one attached hydrogen (secondary N) is 1. The van der Waals surface area contributed by atoms with Crippen molar-refractivity contribution < 1.29 is 45.8 Å². The van der Waals surface area contributed by atoms with Crippen LogP contribution in [0.5, 0.6) is 0 Å². The number of carbonyl (C=O) groups is 2. The summed E-state index contributed by atoms with van der Waals surface area (Å²) >= 11 is 0. The fraction of sp³-hybridized carbons (Fsp3) is 0.452. The van der Waals surface area contributed by atoms with Crippen LogP contribution in [0.3, 0.4) is 0 Å². The number of benzene rings is 2. The Morgan fingerprint density at radius 2 is 1.61 bits per heavy atom. The van der Waals surface area contributed by atoms with Crippen molar-refractivity contribution in [3.63, 3.8) is 0 Å². The molecule has 0 aliphatic carbocycles. The van der Waals surface area contributed by atoms with E-state index >= 15 is 0 Å². The van der Waals surface area contributed by atoms with E-state index in [4.69, 9.17) is 4.74 Å². The highest BCUT2D eigenvalue weighted by molar-refractivity contribution is 5.92. The molecule has 2 amide bonds. The number of fused-ring (bicyclic) bond motifs is 2. The van der Waals surface area contributed by atoms with Gasteiger partial charge in [0.1, 0.15) is 17.2 Å². The molecule has 15 heteroatoms. The normalized spacial score (nSPS) is 21.1. The minimum atomic E-state index is -3.27. The third-order valence-electron chi connectivity index (χ3n) is 8.26. The van der Waals surface area contributed by atoms with Gasteiger partial charge < -0.3 is 19.4 Å². The Morgan fingerprint density at radius 3 is 2.28 bits per heavy atom. The predicted octanol–water partition coefficient (Wildman–Crippen LogP) is 7.04. The van der Waals surface area contributed by atoms with Crippen LogP contribution in [0.1, 0.15) is 39.2 Å². The molecule has 4 aromatic rings. The van der Waals surface area contributed by atoms with E-state index in [1.165, 1.54) is 28.8 Å². The van der Waals surface area contributed by atoms with E-state index in [0.29, 0.717) is 21.4 Å². The number of imidazole rings is 1. The molecule has 0 spiro atoms. The van der Waals surface area contributed by atoms with Gasteiger partial charge in [0.2, 0.25) is 0 Å². The smallest absolute Gasteiger partial charge is 0.410 e. The van der Waals surface area contributed by atoms with Crippen molar-refractivity contribution in [1.82, 2.24) is 24.3 Å². The summed E-state index contributed by atoms with van der Waals surface area (Å²) in [6, 6.07) is 5.22. The van der Waals surface area contributed by atoms with E-state index in [1.54, 1.807) is 20.8 Å². The zero-order valence-electron chi connectivity index (χ0n) is 25.1. The van der Waals surface area contributed by atoms with E-state index in [2.05, 4.69) is 9.97 Å². The average Bonchev–Trinajstić information content (AvgIpc) is 3.63. The topological polar surface area (TPSA) is 104 Å². The number of ether oxygens (including phenoxy) is 1. The number of rotatable bonds is 5. The lowest BCUT2D eigenvalue weighted by atomic mass is 9.99. The molecule has 2 saturated heterocycles. The number of aromatic nitrogens is 3. The van der Waals surface area contributed by atoms with Crippen LogP contribution in [0, 0.1) is 11.6 Å². The Bertz CT molecular complexity index is 1850. The average molecular weight is 652 g/mol. The molecule has 2 fully saturated rings. The van der Waals surface area contributed by atoms with Gasteiger partial charge in [-0.2, -0.15) is 0 Å². The summed E-state index contributed by atoms with van der Waals surface area (Å²) in [7, 11) is 0. The number of hydrogen-bond acceptors (Lipinski definition) is 4. The molecule has 2 atom stereocenters. The van der Waals surface area contributed by atoms with Crippen LogP contribution in [0.2, 0.25) is 0 Å². The molecule has 6 rings (SSSR count). The van der Waals surface area contributed by atoms with E-state index < -0.39 is 79.3 Å². The molecule has 2 aromatic carbocycles. The molecule has 46 heavy (non-hydrogen) atoms. The fourth-order valence-corrected chi connectivity index (χ4v) is 6.45. The van der Waals surface area contributed by atoms with Gasteiger partial charge in [-0.05, 0) is 63.1 Å². The molecule has 4 heterocycles. The van der Waals surface area contributed by atoms with Crippen LogP contribution in [-0.2, 0) is 17.7 Å². The zero-order valence-corrected chi connectivity index (χ0v) is 25.1. The maximum Gasteiger partial charge on any atom is 0.410 e. The van der Waals surface area contributed by atoms with Crippen molar-refractivity contribution in [3.8, 4) is 11.5 Å². The Hall–Kier alpha value is -4.43. The molecular weight excluding hydrogens is 620 g/mol. The number of aromatic amines is 1. The summed E-state index contributed by atoms with van der Waals surface area (Å²) in [6.45, 7) is 2.70. The predicted molar refractivity (Wildman–Crippen MR) is 155 cm³/mol. The first-order valence-electron chi connectivity index (χ1n) is 14.6. The van der Waals surface area contributed by atoms with Crippen LogP contribution in [0.4, 0.5) is 35.9 Å². The molecule has 246 valence electrons. The first kappa shape index (κ1) is 31.5. The Balaban J connectivity index is 1.49. The van der Waals surface area contributed by atoms with Gasteiger partial charge in [-0.25, -0.2) is 40.9 Å². The highest BCUT2D eigenvalue weighted by Gasteiger charge is 2.49. The van der Waals surface area contributed by atoms with Gasteiger partial charge in [0.25, 0.3) is 11.8 Å². The number of H-pyrrole nitrogens is 1. The maximum atomic E-state index is 14.8. The van der Waals surface area contributed by atoms with Crippen LogP contribution in [-0.4, -0.2) is 84.2 Å². The number of halogens is 6. The van der Waals surface area contributed by atoms with Gasteiger partial charge in [0, 0.05) is 42.4 Å². The Kier molecular flexibility index (Phi) is 7.43. The van der Waals surface area contributed by atoms with Gasteiger partial charge >= 0.3 is 12.2 Å². The molecule has 2 N–H and O–H groups in total. The molecule has 2 aromatic heterocycles. The lowest BCUT2D eigenvalue weighted by Gasteiger charge is -2.28. The third kappa shape index (κ3) is 6.06. The first-order chi connectivity index (χ1) is 21.4. The number of carboxylic acid groups (broad SMARTS) is 1. The highest BCUT2D eigenvalue weighted by atomic mass is 19.3. The molecule has 2 aliphatic heterocycles. The van der Waals surface area contributed by atoms with Crippen molar-refractivity contribution in [2.45, 2.75) is 76.1 Å². The van der Waals surface area contributed by atoms with Crippen molar-refractivity contribution >= 4 is 34.1 Å². The molecule has 2 aliphatic rings. The number of alkyl halides is 4. The monoisotopic (exact) mass is 651 g/mol. The first-order valence-corrected chi connectivity index (χ1v) is 14.6. The van der Waals surface area contributed by atoms with Gasteiger partial charge in [0.05, 0.1) is 35.9 Å². The Morgan fingerprint density at radius 1 is 0.978 bits per heavy atom. The second kappa shape index (κ2) is 10.8. The summed E-state index contributed by atoms with van der Waals surface area (Å²) in [6.07, 6.45) is -4.14. The van der Waals surface area contributed by atoms with Crippen LogP contribution < -0.4 is 0 Å². The second-order valence-electron chi connectivity index (χ2n) is 13.0. The molecule has 9 nitrogen and oxygen atoms in total. The quantitative estimate of drug-likeness (QED) is 0.226. The second-order valence-corrected chi connectivity index (χ2v) is 13.0. The van der Waals surface area contributed by atoms with E-state index in [0.717, 1.165) is 17.0 Å². The number of hydrogen-bond donors (Lipinski definition) is 2. The highest BCUT2D eigenvalue weighted by Crippen LogP contribution is 2.40. The molecule has 0 bridgehead atoms. The molecule has 2 unspecified atom stereocenters. The number of likely N-dealkylation sites (tertiary alicyclic amines) is 2. The SMILES string of the molecule is CC(C)(C)OC(=O)N1CC(F)(F)CC1Cn1c(-c2[nH]c3cc(F)ccc3c2CC2CC(F)(F)CN2C(=O)O)nc2cc(F)ccc21. The van der Waals surface area contributed by atoms with Crippen LogP contribution >= 0.6 is 0 Å². The maximum absolute atomic E-state index is 14.8. The van der Waals surface area contributed by atoms with Crippen molar-refractivity contribution in [2.75, 3.05) is 13.1 Å². The van der Waals surface area contributed by atoms with E-state index in [9.17, 15) is 41.0 Å². The van der Waals surface area contributed by atoms with Gasteiger partial charge in [0.15, 0.2) is 5.82 Å². The lowest BCUT2D eigenvalue weighted by molar-refractivity contribution is -0.00251. The van der Waals surface area contributed by atoms with Crippen molar-refractivity contribution in [2.24, 2.45) is 0 Å². The summed E-state index contributed by atoms with van der Waals surface area (Å²) in [4.78, 5) is 34.2. The lowest BCUT2D eigenvalue weighted by Crippen LogP contribution is -2.42. The van der Waals surface area contributed by atoms with E-state index in [1.807, 2.05) is 0 Å². The largest absolute Gasteiger partial charge is 0.465 e. The van der Waals surface area contributed by atoms with Gasteiger partial charge in [-0.15, -0.1) is 0 Å². The summed E-state index contributed by atoms with van der Waals surface area (Å²) < 4.78 is 94.1. The minimum Gasteiger partial charge on any atom is -0.465 e. The van der Waals surface area contributed by atoms with Crippen molar-refractivity contribution in [3.05, 3.63) is 53.6 Å². The number of carbonyl (C=O) groups excluding carboxylic acids is 1. The summed E-state index contributed by atoms with van der Waals surface area (Å²) in [5.74, 6) is -7.66. The number of nitrogens with zero attached hydrogens (tertiary/aromatic N) is 4. The molecule has 0 saturated carbocycles. The Labute approximate surface area is 258 Å². The summed E-state index contributed by atoms with van der Waals surface area (Å²) in [5.41, 5.74) is 0.279. The van der Waals surface area contributed by atoms with E-state index in [-0.39, 0.29) is 35.5 Å². The van der Waals surface area contributed by atoms with Crippen LogP contribution in [0.15, 0.2) is 36.4 Å². The fourth-order valence-electron chi connectivity index (χ4n) is 6.45. The molecular formula is C31H31F6N5O4. The van der Waals surface area contributed by atoms with Crippen LogP contribution in [0.25, 0.3) is 33.5 Å². The standard InChI is InChI=1S/C31H31F6N5O4/c1-29(2,3)46-28(45)42-15-31(36,37)12-19(42)13-40-24-7-5-17(33)9-23(24)39-26(40)25-21(20-6-4-16(32)8-22(20)38-25)10-18-11-30(34,35)14-41(18)27(43)44/h4-9,18-19,38H,10-15H2,1-3H3,(H,43,44). The zero-order chi connectivity index (χ0) is 33.3. The minimum absolute atomic E-state index is 0.0817. The van der Waals surface area contributed by atoms with Gasteiger partial charge in [-0.1, -0.05) is 0 Å². The third-order valence-corrected chi connectivity index (χ3v) is 8.26. The molecule has 0 radical (unpaired) electrons. The van der Waals surface area contributed by atoms with Crippen molar-refractivity contribution in [1.29, 1.82) is 0 Å². The number of amides is 2.